The topological polar surface area (TPSA) is 85.7 Å². The van der Waals surface area contributed by atoms with Crippen LogP contribution in [-0.4, -0.2) is 25.1 Å². The van der Waals surface area contributed by atoms with Crippen molar-refractivity contribution < 1.29 is 14.4 Å². The molecule has 0 atom stereocenters. The van der Waals surface area contributed by atoms with Crippen LogP contribution in [0.5, 0.6) is 11.5 Å². The number of ether oxygens (including phenoxy) is 2. The van der Waals surface area contributed by atoms with Crippen molar-refractivity contribution in [2.75, 3.05) is 25.5 Å². The summed E-state index contributed by atoms with van der Waals surface area (Å²) in [7, 11) is 1.62. The van der Waals surface area contributed by atoms with E-state index in [9.17, 15) is 10.1 Å². The number of nitrogens with one attached hydrogen (secondary N) is 2. The molecule has 0 radical (unpaired) electrons. The van der Waals surface area contributed by atoms with Crippen molar-refractivity contribution in [3.05, 3.63) is 93.0 Å². The summed E-state index contributed by atoms with van der Waals surface area (Å²) in [6.45, 7) is 2.44. The van der Waals surface area contributed by atoms with Gasteiger partial charge in [0.1, 0.15) is 6.61 Å². The van der Waals surface area contributed by atoms with Crippen molar-refractivity contribution in [1.82, 2.24) is 5.32 Å². The second-order valence-corrected chi connectivity index (χ2v) is 7.19. The van der Waals surface area contributed by atoms with E-state index in [1.54, 1.807) is 13.2 Å². The Labute approximate surface area is 186 Å². The van der Waals surface area contributed by atoms with Crippen LogP contribution in [0, 0.1) is 10.1 Å². The zero-order valence-corrected chi connectivity index (χ0v) is 17.9. The van der Waals surface area contributed by atoms with Crippen molar-refractivity contribution in [1.29, 1.82) is 0 Å². The summed E-state index contributed by atoms with van der Waals surface area (Å²) < 4.78 is 11.4. The lowest BCUT2D eigenvalue weighted by atomic mass is 10.2. The fourth-order valence-electron chi connectivity index (χ4n) is 2.96. The summed E-state index contributed by atoms with van der Waals surface area (Å²) in [5, 5.41) is 17.6. The Morgan fingerprint density at radius 1 is 0.968 bits per heavy atom. The second-order valence-electron chi connectivity index (χ2n) is 6.78. The fourth-order valence-corrected chi connectivity index (χ4v) is 3.20. The summed E-state index contributed by atoms with van der Waals surface area (Å²) >= 11 is 6.08. The molecule has 0 amide bonds. The first kappa shape index (κ1) is 22.4. The second kappa shape index (κ2) is 11.2. The monoisotopic (exact) mass is 441 g/mol. The van der Waals surface area contributed by atoms with Gasteiger partial charge in [-0.05, 0) is 29.3 Å². The number of benzene rings is 3. The zero-order chi connectivity index (χ0) is 22.1. The highest BCUT2D eigenvalue weighted by atomic mass is 35.5. The smallest absolute Gasteiger partial charge is 0.271 e. The first-order valence-corrected chi connectivity index (χ1v) is 10.2. The number of rotatable bonds is 11. The highest BCUT2D eigenvalue weighted by Gasteiger charge is 2.09. The molecule has 0 saturated carbocycles. The fraction of sp³-hybridized carbons (Fsp3) is 0.217. The van der Waals surface area contributed by atoms with Gasteiger partial charge in [0.25, 0.3) is 5.69 Å². The van der Waals surface area contributed by atoms with Crippen LogP contribution in [0.4, 0.5) is 11.4 Å². The molecule has 0 unspecified atom stereocenters. The number of non-ortho nitro benzene ring substituents is 1. The van der Waals surface area contributed by atoms with E-state index in [0.717, 1.165) is 11.1 Å². The Balaban J connectivity index is 1.45. The molecule has 0 bridgehead atoms. The highest BCUT2D eigenvalue weighted by Crippen LogP contribution is 2.29. The number of hydrogen-bond acceptors (Lipinski definition) is 6. The van der Waals surface area contributed by atoms with E-state index in [0.29, 0.717) is 48.5 Å². The molecular formula is C23H24ClN3O4. The predicted molar refractivity (Wildman–Crippen MR) is 122 cm³/mol. The van der Waals surface area contributed by atoms with Crippen molar-refractivity contribution in [2.45, 2.75) is 13.2 Å². The zero-order valence-electron chi connectivity index (χ0n) is 17.1. The maximum Gasteiger partial charge on any atom is 0.271 e. The minimum absolute atomic E-state index is 0.0289. The minimum atomic E-state index is -0.469. The minimum Gasteiger partial charge on any atom is -0.493 e. The van der Waals surface area contributed by atoms with Gasteiger partial charge in [-0.25, -0.2) is 0 Å². The van der Waals surface area contributed by atoms with E-state index in [1.807, 2.05) is 48.5 Å². The van der Waals surface area contributed by atoms with Crippen molar-refractivity contribution in [3.63, 3.8) is 0 Å². The number of nitro benzene ring substituents is 1. The SMILES string of the molecule is COc1cc(CNCCNc2ccc([N+](=O)[O-])cc2Cl)ccc1OCc1ccccc1. The molecule has 7 nitrogen and oxygen atoms in total. The third-order valence-corrected chi connectivity index (χ3v) is 4.89. The molecule has 0 aliphatic heterocycles. The average Bonchev–Trinajstić information content (AvgIpc) is 2.79. The maximum atomic E-state index is 10.8. The van der Waals surface area contributed by atoms with E-state index in [2.05, 4.69) is 10.6 Å². The van der Waals surface area contributed by atoms with Gasteiger partial charge in [0.2, 0.25) is 0 Å². The van der Waals surface area contributed by atoms with Crippen LogP contribution in [0.25, 0.3) is 0 Å². The molecule has 3 rings (SSSR count). The van der Waals surface area contributed by atoms with Gasteiger partial charge in [0.15, 0.2) is 11.5 Å². The van der Waals surface area contributed by atoms with Gasteiger partial charge in [0.05, 0.1) is 22.7 Å². The van der Waals surface area contributed by atoms with Gasteiger partial charge in [0, 0.05) is 31.8 Å². The van der Waals surface area contributed by atoms with Crippen LogP contribution in [0.15, 0.2) is 66.7 Å². The van der Waals surface area contributed by atoms with Crippen LogP contribution in [-0.2, 0) is 13.2 Å². The molecular weight excluding hydrogens is 418 g/mol. The third kappa shape index (κ3) is 6.60. The molecule has 0 aliphatic rings. The number of nitrogens with zero attached hydrogens (tertiary/aromatic N) is 1. The predicted octanol–water partition coefficient (Wildman–Crippen LogP) is 5.04. The number of methoxy groups -OCH3 is 1. The molecule has 162 valence electrons. The molecule has 2 N–H and O–H groups in total. The van der Waals surface area contributed by atoms with Gasteiger partial charge >= 0.3 is 0 Å². The van der Waals surface area contributed by atoms with Crippen molar-refractivity contribution >= 4 is 23.0 Å². The molecule has 0 fully saturated rings. The first-order valence-electron chi connectivity index (χ1n) is 9.79. The Hall–Kier alpha value is -3.29. The van der Waals surface area contributed by atoms with Crippen LogP contribution in [0.2, 0.25) is 5.02 Å². The molecule has 8 heteroatoms. The van der Waals surface area contributed by atoms with Gasteiger partial charge in [-0.3, -0.25) is 10.1 Å². The Morgan fingerprint density at radius 3 is 2.48 bits per heavy atom. The molecule has 3 aromatic rings. The van der Waals surface area contributed by atoms with Crippen LogP contribution < -0.4 is 20.1 Å². The number of hydrogen-bond donors (Lipinski definition) is 2. The molecule has 0 aliphatic carbocycles. The van der Waals surface area contributed by atoms with Crippen LogP contribution in [0.1, 0.15) is 11.1 Å². The highest BCUT2D eigenvalue weighted by molar-refractivity contribution is 6.33. The lowest BCUT2D eigenvalue weighted by molar-refractivity contribution is -0.384. The van der Waals surface area contributed by atoms with Crippen molar-refractivity contribution in [2.24, 2.45) is 0 Å². The molecule has 0 heterocycles. The summed E-state index contributed by atoms with van der Waals surface area (Å²) in [4.78, 5) is 10.3. The lowest BCUT2D eigenvalue weighted by Gasteiger charge is -2.13. The van der Waals surface area contributed by atoms with Gasteiger partial charge in [-0.2, -0.15) is 0 Å². The van der Waals surface area contributed by atoms with Crippen LogP contribution in [0.3, 0.4) is 0 Å². The average molecular weight is 442 g/mol. The number of nitro groups is 1. The Morgan fingerprint density at radius 2 is 1.77 bits per heavy atom. The third-order valence-electron chi connectivity index (χ3n) is 4.58. The number of anilines is 1. The van der Waals surface area contributed by atoms with E-state index < -0.39 is 4.92 Å². The summed E-state index contributed by atoms with van der Waals surface area (Å²) in [5.41, 5.74) is 2.79. The Kier molecular flexibility index (Phi) is 8.09. The van der Waals surface area contributed by atoms with Crippen molar-refractivity contribution in [3.8, 4) is 11.5 Å². The normalized spacial score (nSPS) is 10.5. The maximum absolute atomic E-state index is 10.8. The first-order chi connectivity index (χ1) is 15.1. The van der Waals surface area contributed by atoms with Gasteiger partial charge in [-0.1, -0.05) is 48.0 Å². The molecule has 3 aromatic carbocycles. The molecule has 0 saturated heterocycles. The Bertz CT molecular complexity index is 1010. The quantitative estimate of drug-likeness (QED) is 0.246. The van der Waals surface area contributed by atoms with E-state index >= 15 is 0 Å². The summed E-state index contributed by atoms with van der Waals surface area (Å²) in [6.07, 6.45) is 0. The largest absolute Gasteiger partial charge is 0.493 e. The van der Waals surface area contributed by atoms with E-state index in [1.165, 1.54) is 12.1 Å². The van der Waals surface area contributed by atoms with Crippen LogP contribution >= 0.6 is 11.6 Å². The van der Waals surface area contributed by atoms with Gasteiger partial charge in [-0.15, -0.1) is 0 Å². The van der Waals surface area contributed by atoms with E-state index in [-0.39, 0.29) is 5.69 Å². The van der Waals surface area contributed by atoms with E-state index in [4.69, 9.17) is 21.1 Å². The standard InChI is InChI=1S/C23H24ClN3O4/c1-30-23-13-18(7-10-22(23)31-16-17-5-3-2-4-6-17)15-25-11-12-26-21-9-8-19(27(28)29)14-20(21)24/h2-10,13-14,25-26H,11-12,15-16H2,1H3. The summed E-state index contributed by atoms with van der Waals surface area (Å²) in [5.74, 6) is 1.38. The van der Waals surface area contributed by atoms with Gasteiger partial charge < -0.3 is 20.1 Å². The summed E-state index contributed by atoms with van der Waals surface area (Å²) in [6, 6.07) is 20.2. The molecule has 0 aromatic heterocycles. The molecule has 31 heavy (non-hydrogen) atoms. The lowest BCUT2D eigenvalue weighted by Crippen LogP contribution is -2.21. The molecule has 0 spiro atoms. The number of halogens is 1.